The number of imidazole rings is 1. The Balaban J connectivity index is 1.95. The zero-order valence-electron chi connectivity index (χ0n) is 11.1. The van der Waals surface area contributed by atoms with Gasteiger partial charge >= 0.3 is 0 Å². The van der Waals surface area contributed by atoms with Crippen LogP contribution in [-0.2, 0) is 0 Å². The maximum absolute atomic E-state index is 13.7. The molecular formula is C16H13F2N3. The normalized spacial score (nSPS) is 12.3. The van der Waals surface area contributed by atoms with Crippen molar-refractivity contribution < 1.29 is 8.78 Å². The number of aromatic nitrogens is 2. The fourth-order valence-corrected chi connectivity index (χ4v) is 2.15. The van der Waals surface area contributed by atoms with Crippen molar-refractivity contribution in [2.75, 3.05) is 0 Å². The Hall–Kier alpha value is -2.53. The average Bonchev–Trinajstić information content (AvgIpc) is 2.99. The summed E-state index contributed by atoms with van der Waals surface area (Å²) in [5.41, 5.74) is 7.53. The standard InChI is InChI=1S/C16H13F2N3/c17-11-6-7-13(18)12(8-11)14-9-20-16(21-14)15(19)10-4-2-1-3-5-10/h1-9,15H,19H2,(H,20,21). The molecule has 2 aromatic carbocycles. The van der Waals surface area contributed by atoms with Crippen LogP contribution in [0.3, 0.4) is 0 Å². The molecule has 1 aromatic heterocycles. The van der Waals surface area contributed by atoms with Crippen molar-refractivity contribution in [1.29, 1.82) is 0 Å². The Bertz CT molecular complexity index is 753. The lowest BCUT2D eigenvalue weighted by atomic mass is 10.1. The van der Waals surface area contributed by atoms with Gasteiger partial charge < -0.3 is 10.7 Å². The van der Waals surface area contributed by atoms with E-state index in [1.165, 1.54) is 6.20 Å². The van der Waals surface area contributed by atoms with E-state index in [0.29, 0.717) is 11.5 Å². The SMILES string of the molecule is NC(c1ccccc1)c1ncc(-c2cc(F)ccc2F)[nH]1. The van der Waals surface area contributed by atoms with Gasteiger partial charge in [0, 0.05) is 5.56 Å². The van der Waals surface area contributed by atoms with Crippen molar-refractivity contribution in [2.45, 2.75) is 6.04 Å². The molecule has 0 saturated carbocycles. The molecule has 1 heterocycles. The Morgan fingerprint density at radius 3 is 2.57 bits per heavy atom. The van der Waals surface area contributed by atoms with E-state index in [2.05, 4.69) is 9.97 Å². The number of nitrogens with zero attached hydrogens (tertiary/aromatic N) is 1. The maximum Gasteiger partial charge on any atom is 0.132 e. The Morgan fingerprint density at radius 2 is 1.81 bits per heavy atom. The zero-order chi connectivity index (χ0) is 14.8. The third kappa shape index (κ3) is 2.68. The quantitative estimate of drug-likeness (QED) is 0.775. The van der Waals surface area contributed by atoms with Gasteiger partial charge in [-0.3, -0.25) is 0 Å². The van der Waals surface area contributed by atoms with Gasteiger partial charge in [0.1, 0.15) is 17.5 Å². The Labute approximate surface area is 120 Å². The van der Waals surface area contributed by atoms with Gasteiger partial charge in [0.15, 0.2) is 0 Å². The summed E-state index contributed by atoms with van der Waals surface area (Å²) in [6.45, 7) is 0. The van der Waals surface area contributed by atoms with Gasteiger partial charge in [0.2, 0.25) is 0 Å². The van der Waals surface area contributed by atoms with Crippen molar-refractivity contribution >= 4 is 0 Å². The predicted molar refractivity (Wildman–Crippen MR) is 76.4 cm³/mol. The summed E-state index contributed by atoms with van der Waals surface area (Å²) < 4.78 is 27.0. The van der Waals surface area contributed by atoms with Crippen LogP contribution >= 0.6 is 0 Å². The molecule has 0 aliphatic heterocycles. The molecule has 3 nitrogen and oxygen atoms in total. The van der Waals surface area contributed by atoms with Crippen molar-refractivity contribution in [3.63, 3.8) is 0 Å². The van der Waals surface area contributed by atoms with Crippen LogP contribution in [0.25, 0.3) is 11.3 Å². The van der Waals surface area contributed by atoms with Crippen molar-refractivity contribution in [3.05, 3.63) is 77.8 Å². The summed E-state index contributed by atoms with van der Waals surface area (Å²) in [6, 6.07) is 12.3. The molecule has 0 fully saturated rings. The van der Waals surface area contributed by atoms with E-state index < -0.39 is 17.7 Å². The second-order valence-electron chi connectivity index (χ2n) is 4.69. The number of hydrogen-bond acceptors (Lipinski definition) is 2. The van der Waals surface area contributed by atoms with Crippen molar-refractivity contribution in [3.8, 4) is 11.3 Å². The first-order valence-electron chi connectivity index (χ1n) is 6.46. The molecule has 1 atom stereocenters. The molecule has 3 aromatic rings. The van der Waals surface area contributed by atoms with Crippen molar-refractivity contribution in [2.24, 2.45) is 5.73 Å². The number of halogens is 2. The lowest BCUT2D eigenvalue weighted by Gasteiger charge is -2.08. The van der Waals surface area contributed by atoms with E-state index in [1.54, 1.807) is 0 Å². The van der Waals surface area contributed by atoms with Gasteiger partial charge in [0.05, 0.1) is 17.9 Å². The first kappa shape index (κ1) is 13.5. The highest BCUT2D eigenvalue weighted by atomic mass is 19.1. The molecule has 0 aliphatic carbocycles. The molecule has 0 spiro atoms. The van der Waals surface area contributed by atoms with Gasteiger partial charge in [-0.1, -0.05) is 30.3 Å². The second-order valence-corrected chi connectivity index (χ2v) is 4.69. The average molecular weight is 285 g/mol. The van der Waals surface area contributed by atoms with Crippen LogP contribution in [0.5, 0.6) is 0 Å². The van der Waals surface area contributed by atoms with Gasteiger partial charge in [-0.15, -0.1) is 0 Å². The molecule has 0 aliphatic rings. The summed E-state index contributed by atoms with van der Waals surface area (Å²) in [5.74, 6) is -0.519. The molecule has 0 radical (unpaired) electrons. The molecule has 3 N–H and O–H groups in total. The molecule has 106 valence electrons. The Kier molecular flexibility index (Phi) is 3.50. The molecule has 5 heteroatoms. The number of rotatable bonds is 3. The minimum atomic E-state index is -0.514. The van der Waals surface area contributed by atoms with Gasteiger partial charge in [-0.05, 0) is 23.8 Å². The fraction of sp³-hybridized carbons (Fsp3) is 0.0625. The largest absolute Gasteiger partial charge is 0.340 e. The summed E-state index contributed by atoms with van der Waals surface area (Å²) >= 11 is 0. The van der Waals surface area contributed by atoms with Gasteiger partial charge in [-0.25, -0.2) is 13.8 Å². The Morgan fingerprint density at radius 1 is 1.05 bits per heavy atom. The smallest absolute Gasteiger partial charge is 0.132 e. The van der Waals surface area contributed by atoms with E-state index in [1.807, 2.05) is 30.3 Å². The van der Waals surface area contributed by atoms with Crippen LogP contribution in [-0.4, -0.2) is 9.97 Å². The van der Waals surface area contributed by atoms with Crippen LogP contribution in [0.4, 0.5) is 8.78 Å². The number of benzene rings is 2. The fourth-order valence-electron chi connectivity index (χ4n) is 2.15. The summed E-state index contributed by atoms with van der Waals surface area (Å²) in [7, 11) is 0. The van der Waals surface area contributed by atoms with E-state index in [0.717, 1.165) is 23.8 Å². The van der Waals surface area contributed by atoms with Gasteiger partial charge in [-0.2, -0.15) is 0 Å². The first-order valence-corrected chi connectivity index (χ1v) is 6.46. The minimum Gasteiger partial charge on any atom is -0.340 e. The van der Waals surface area contributed by atoms with Crippen LogP contribution in [0, 0.1) is 11.6 Å². The van der Waals surface area contributed by atoms with E-state index in [-0.39, 0.29) is 5.56 Å². The summed E-state index contributed by atoms with van der Waals surface area (Å²) in [6.07, 6.45) is 1.45. The van der Waals surface area contributed by atoms with E-state index in [4.69, 9.17) is 5.73 Å². The van der Waals surface area contributed by atoms with E-state index >= 15 is 0 Å². The van der Waals surface area contributed by atoms with Gasteiger partial charge in [0.25, 0.3) is 0 Å². The highest BCUT2D eigenvalue weighted by Crippen LogP contribution is 2.24. The third-order valence-electron chi connectivity index (χ3n) is 3.27. The number of H-pyrrole nitrogens is 1. The van der Waals surface area contributed by atoms with Crippen molar-refractivity contribution in [1.82, 2.24) is 9.97 Å². The predicted octanol–water partition coefficient (Wildman–Crippen LogP) is 3.40. The molecule has 0 amide bonds. The number of hydrogen-bond donors (Lipinski definition) is 2. The van der Waals surface area contributed by atoms with Crippen LogP contribution in [0.15, 0.2) is 54.7 Å². The molecule has 0 bridgehead atoms. The maximum atomic E-state index is 13.7. The topological polar surface area (TPSA) is 54.7 Å². The summed E-state index contributed by atoms with van der Waals surface area (Å²) in [5, 5.41) is 0. The van der Waals surface area contributed by atoms with Crippen LogP contribution < -0.4 is 5.73 Å². The van der Waals surface area contributed by atoms with Crippen LogP contribution in [0.2, 0.25) is 0 Å². The third-order valence-corrected chi connectivity index (χ3v) is 3.27. The van der Waals surface area contributed by atoms with E-state index in [9.17, 15) is 8.78 Å². The lowest BCUT2D eigenvalue weighted by Crippen LogP contribution is -2.13. The molecule has 1 unspecified atom stereocenters. The lowest BCUT2D eigenvalue weighted by molar-refractivity contribution is 0.602. The number of nitrogens with one attached hydrogen (secondary N) is 1. The zero-order valence-corrected chi connectivity index (χ0v) is 11.1. The molecule has 0 saturated heterocycles. The minimum absolute atomic E-state index is 0.133. The highest BCUT2D eigenvalue weighted by molar-refractivity contribution is 5.59. The number of aromatic amines is 1. The number of nitrogens with two attached hydrogens (primary N) is 1. The summed E-state index contributed by atoms with van der Waals surface area (Å²) in [4.78, 5) is 7.12. The molecular weight excluding hydrogens is 272 g/mol. The molecule has 21 heavy (non-hydrogen) atoms. The van der Waals surface area contributed by atoms with Crippen LogP contribution in [0.1, 0.15) is 17.4 Å². The second kappa shape index (κ2) is 5.46. The molecule has 3 rings (SSSR count). The monoisotopic (exact) mass is 285 g/mol. The highest BCUT2D eigenvalue weighted by Gasteiger charge is 2.15. The first-order chi connectivity index (χ1) is 10.1.